The molecular weight excluding hydrogens is 335 g/mol. The van der Waals surface area contributed by atoms with Gasteiger partial charge in [-0.15, -0.1) is 0 Å². The van der Waals surface area contributed by atoms with E-state index < -0.39 is 0 Å². The average Bonchev–Trinajstić information content (AvgIpc) is 2.27. The fraction of sp³-hybridized carbons (Fsp3) is 0.273. The summed E-state index contributed by atoms with van der Waals surface area (Å²) in [7, 11) is 0. The summed E-state index contributed by atoms with van der Waals surface area (Å²) in [6, 6.07) is 4.71. The summed E-state index contributed by atoms with van der Waals surface area (Å²) in [5, 5.41) is 14.7. The Bertz CT molecular complexity index is 435. The lowest BCUT2D eigenvalue weighted by molar-refractivity contribution is -0.118. The minimum Gasteiger partial charge on any atom is -0.507 e. The summed E-state index contributed by atoms with van der Waals surface area (Å²) >= 11 is 1.98. The number of nitrogens with one attached hydrogen (secondary N) is 2. The van der Waals surface area contributed by atoms with E-state index in [1.165, 1.54) is 13.0 Å². The van der Waals surface area contributed by atoms with Crippen LogP contribution >= 0.6 is 22.6 Å². The maximum Gasteiger partial charge on any atom is 0.251 e. The predicted molar refractivity (Wildman–Crippen MR) is 71.8 cm³/mol. The van der Waals surface area contributed by atoms with Crippen LogP contribution in [0.4, 0.5) is 0 Å². The van der Waals surface area contributed by atoms with Crippen LogP contribution in [0.1, 0.15) is 17.3 Å². The van der Waals surface area contributed by atoms with E-state index in [-0.39, 0.29) is 17.6 Å². The Morgan fingerprint density at radius 3 is 2.53 bits per heavy atom. The lowest BCUT2D eigenvalue weighted by Crippen LogP contribution is -2.33. The Kier molecular flexibility index (Phi) is 5.20. The highest BCUT2D eigenvalue weighted by Gasteiger charge is 2.07. The highest BCUT2D eigenvalue weighted by Crippen LogP contribution is 2.20. The summed E-state index contributed by atoms with van der Waals surface area (Å²) in [6.07, 6.45) is 0. The third kappa shape index (κ3) is 4.59. The smallest absolute Gasteiger partial charge is 0.251 e. The Morgan fingerprint density at radius 1 is 1.29 bits per heavy atom. The van der Waals surface area contributed by atoms with Gasteiger partial charge in [-0.3, -0.25) is 9.59 Å². The first kappa shape index (κ1) is 13.8. The lowest BCUT2D eigenvalue weighted by Gasteiger charge is -2.06. The normalized spacial score (nSPS) is 9.76. The van der Waals surface area contributed by atoms with Crippen LogP contribution in [-0.4, -0.2) is 30.0 Å². The predicted octanol–water partition coefficient (Wildman–Crippen LogP) is 0.863. The first-order valence-electron chi connectivity index (χ1n) is 5.02. The summed E-state index contributed by atoms with van der Waals surface area (Å²) in [5.41, 5.74) is 0.394. The number of phenolic OH excluding ortho intramolecular Hbond substituents is 1. The van der Waals surface area contributed by atoms with Gasteiger partial charge in [-0.25, -0.2) is 0 Å². The van der Waals surface area contributed by atoms with Crippen molar-refractivity contribution in [3.05, 3.63) is 27.3 Å². The molecule has 92 valence electrons. The zero-order chi connectivity index (χ0) is 12.8. The molecule has 0 atom stereocenters. The quantitative estimate of drug-likeness (QED) is 0.558. The van der Waals surface area contributed by atoms with E-state index in [0.717, 1.165) is 0 Å². The van der Waals surface area contributed by atoms with Gasteiger partial charge < -0.3 is 15.7 Å². The second kappa shape index (κ2) is 6.43. The summed E-state index contributed by atoms with van der Waals surface area (Å²) in [4.78, 5) is 22.2. The van der Waals surface area contributed by atoms with Crippen molar-refractivity contribution >= 4 is 34.4 Å². The number of carbonyl (C=O) groups excluding carboxylic acids is 2. The van der Waals surface area contributed by atoms with Crippen LogP contribution in [0.3, 0.4) is 0 Å². The van der Waals surface area contributed by atoms with E-state index in [4.69, 9.17) is 0 Å². The third-order valence-electron chi connectivity index (χ3n) is 1.99. The lowest BCUT2D eigenvalue weighted by atomic mass is 10.2. The maximum absolute atomic E-state index is 11.6. The Hall–Kier alpha value is -1.31. The molecule has 0 spiro atoms. The van der Waals surface area contributed by atoms with Gasteiger partial charge in [0.15, 0.2) is 0 Å². The molecule has 0 aliphatic heterocycles. The molecule has 0 radical (unpaired) electrons. The van der Waals surface area contributed by atoms with Gasteiger partial charge in [0.1, 0.15) is 5.75 Å². The van der Waals surface area contributed by atoms with Gasteiger partial charge in [-0.2, -0.15) is 0 Å². The van der Waals surface area contributed by atoms with Gasteiger partial charge in [0.05, 0.1) is 3.57 Å². The zero-order valence-corrected chi connectivity index (χ0v) is 11.4. The first-order valence-corrected chi connectivity index (χ1v) is 6.09. The van der Waals surface area contributed by atoms with E-state index >= 15 is 0 Å². The van der Waals surface area contributed by atoms with E-state index in [9.17, 15) is 14.7 Å². The van der Waals surface area contributed by atoms with Gasteiger partial charge in [0.2, 0.25) is 5.91 Å². The Labute approximate surface area is 113 Å². The van der Waals surface area contributed by atoms with Crippen molar-refractivity contribution in [1.82, 2.24) is 10.6 Å². The second-order valence-electron chi connectivity index (χ2n) is 3.41. The minimum atomic E-state index is -0.276. The number of hydrogen-bond donors (Lipinski definition) is 3. The number of phenols is 1. The van der Waals surface area contributed by atoms with E-state index in [1.54, 1.807) is 12.1 Å². The van der Waals surface area contributed by atoms with Gasteiger partial charge in [0.25, 0.3) is 5.91 Å². The van der Waals surface area contributed by atoms with E-state index in [1.807, 2.05) is 22.6 Å². The van der Waals surface area contributed by atoms with Crippen LogP contribution in [0.2, 0.25) is 0 Å². The van der Waals surface area contributed by atoms with Crippen molar-refractivity contribution in [3.63, 3.8) is 0 Å². The first-order chi connectivity index (χ1) is 8.00. The summed E-state index contributed by atoms with van der Waals surface area (Å²) in [6.45, 7) is 2.15. The van der Waals surface area contributed by atoms with Crippen molar-refractivity contribution in [1.29, 1.82) is 0 Å². The standard InChI is InChI=1S/C11H13IN2O3/c1-7(15)13-4-5-14-11(17)8-2-3-9(12)10(16)6-8/h2-3,6,16H,4-5H2,1H3,(H,13,15)(H,14,17). The van der Waals surface area contributed by atoms with Crippen LogP contribution in [0.5, 0.6) is 5.75 Å². The molecule has 1 rings (SSSR count). The molecular formula is C11H13IN2O3. The highest BCUT2D eigenvalue weighted by atomic mass is 127. The largest absolute Gasteiger partial charge is 0.507 e. The van der Waals surface area contributed by atoms with Crippen LogP contribution < -0.4 is 10.6 Å². The fourth-order valence-corrected chi connectivity index (χ4v) is 1.51. The number of aromatic hydroxyl groups is 1. The molecule has 0 aliphatic rings. The molecule has 0 aliphatic carbocycles. The number of amides is 2. The third-order valence-corrected chi connectivity index (χ3v) is 2.91. The van der Waals surface area contributed by atoms with Crippen LogP contribution in [0.15, 0.2) is 18.2 Å². The van der Waals surface area contributed by atoms with Crippen LogP contribution in [0, 0.1) is 3.57 Å². The molecule has 0 fully saturated rings. The molecule has 0 saturated carbocycles. The van der Waals surface area contributed by atoms with Gasteiger partial charge in [-0.1, -0.05) is 0 Å². The molecule has 6 heteroatoms. The average molecular weight is 348 g/mol. The monoisotopic (exact) mass is 348 g/mol. The number of halogens is 1. The van der Waals surface area contributed by atoms with Crippen molar-refractivity contribution in [2.45, 2.75) is 6.92 Å². The van der Waals surface area contributed by atoms with Crippen molar-refractivity contribution in [2.24, 2.45) is 0 Å². The van der Waals surface area contributed by atoms with Crippen LogP contribution in [-0.2, 0) is 4.79 Å². The molecule has 1 aromatic rings. The molecule has 0 bridgehead atoms. The number of rotatable bonds is 4. The van der Waals surface area contributed by atoms with Crippen molar-refractivity contribution in [2.75, 3.05) is 13.1 Å². The Morgan fingerprint density at radius 2 is 1.94 bits per heavy atom. The topological polar surface area (TPSA) is 78.4 Å². The molecule has 0 aromatic heterocycles. The summed E-state index contributed by atoms with van der Waals surface area (Å²) < 4.78 is 0.692. The van der Waals surface area contributed by atoms with Crippen molar-refractivity contribution in [3.8, 4) is 5.75 Å². The molecule has 17 heavy (non-hydrogen) atoms. The zero-order valence-electron chi connectivity index (χ0n) is 9.29. The highest BCUT2D eigenvalue weighted by molar-refractivity contribution is 14.1. The molecule has 0 unspecified atom stereocenters. The fourth-order valence-electron chi connectivity index (χ4n) is 1.17. The van der Waals surface area contributed by atoms with Crippen LogP contribution in [0.25, 0.3) is 0 Å². The number of carbonyl (C=O) groups is 2. The second-order valence-corrected chi connectivity index (χ2v) is 4.57. The van der Waals surface area contributed by atoms with Gasteiger partial charge in [-0.05, 0) is 40.8 Å². The van der Waals surface area contributed by atoms with Gasteiger partial charge >= 0.3 is 0 Å². The molecule has 5 nitrogen and oxygen atoms in total. The van der Waals surface area contributed by atoms with E-state index in [2.05, 4.69) is 10.6 Å². The summed E-state index contributed by atoms with van der Waals surface area (Å²) in [5.74, 6) is -0.326. The Balaban J connectivity index is 2.47. The molecule has 1 aromatic carbocycles. The molecule has 0 heterocycles. The van der Waals surface area contributed by atoms with Gasteiger partial charge in [0, 0.05) is 25.6 Å². The molecule has 0 saturated heterocycles. The maximum atomic E-state index is 11.6. The number of benzene rings is 1. The van der Waals surface area contributed by atoms with E-state index in [0.29, 0.717) is 22.2 Å². The minimum absolute atomic E-state index is 0.0834. The molecule has 2 amide bonds. The van der Waals surface area contributed by atoms with Crippen molar-refractivity contribution < 1.29 is 14.7 Å². The SMILES string of the molecule is CC(=O)NCCNC(=O)c1ccc(I)c(O)c1. The number of hydrogen-bond acceptors (Lipinski definition) is 3. The molecule has 3 N–H and O–H groups in total.